The topological polar surface area (TPSA) is 64.7 Å². The lowest BCUT2D eigenvalue weighted by Crippen LogP contribution is -2.58. The van der Waals surface area contributed by atoms with Crippen molar-refractivity contribution in [2.24, 2.45) is 5.92 Å². The molecule has 0 saturated carbocycles. The number of nitrogens with one attached hydrogen (secondary N) is 2. The number of aryl methyl sites for hydroxylation is 1. The molecule has 2 fully saturated rings. The molecule has 0 aromatic heterocycles. The van der Waals surface area contributed by atoms with E-state index in [1.807, 2.05) is 29.0 Å². The van der Waals surface area contributed by atoms with E-state index in [1.54, 1.807) is 0 Å². The van der Waals surface area contributed by atoms with Crippen LogP contribution < -0.4 is 10.6 Å². The number of benzene rings is 1. The van der Waals surface area contributed by atoms with Crippen molar-refractivity contribution in [2.45, 2.75) is 38.8 Å². The smallest absolute Gasteiger partial charge is 0.317 e. The molecule has 3 amide bonds. The molecule has 6 nitrogen and oxygen atoms in total. The van der Waals surface area contributed by atoms with E-state index >= 15 is 0 Å². The first kappa shape index (κ1) is 18.7. The predicted octanol–water partition coefficient (Wildman–Crippen LogP) is 1.74. The van der Waals surface area contributed by atoms with E-state index in [-0.39, 0.29) is 18.0 Å². The molecule has 0 unspecified atom stereocenters. The van der Waals surface area contributed by atoms with Crippen LogP contribution in [0.3, 0.4) is 0 Å². The van der Waals surface area contributed by atoms with Gasteiger partial charge >= 0.3 is 6.03 Å². The van der Waals surface area contributed by atoms with Crippen molar-refractivity contribution in [3.63, 3.8) is 0 Å². The zero-order chi connectivity index (χ0) is 18.5. The number of amides is 3. The third kappa shape index (κ3) is 4.36. The first-order valence-corrected chi connectivity index (χ1v) is 9.61. The number of carbonyl (C=O) groups excluding carboxylic acids is 2. The minimum absolute atomic E-state index is 0.00336. The quantitative estimate of drug-likeness (QED) is 0.843. The van der Waals surface area contributed by atoms with Crippen molar-refractivity contribution in [1.29, 1.82) is 0 Å². The Morgan fingerprint density at radius 1 is 1.31 bits per heavy atom. The van der Waals surface area contributed by atoms with Crippen LogP contribution in [0.25, 0.3) is 0 Å². The van der Waals surface area contributed by atoms with Crippen LogP contribution in [-0.4, -0.2) is 61.0 Å². The van der Waals surface area contributed by atoms with Gasteiger partial charge in [0.05, 0.1) is 0 Å². The summed E-state index contributed by atoms with van der Waals surface area (Å²) in [6, 6.07) is 8.49. The Balaban J connectivity index is 1.54. The highest BCUT2D eigenvalue weighted by molar-refractivity contribution is 5.78. The monoisotopic (exact) mass is 358 g/mol. The van der Waals surface area contributed by atoms with Crippen LogP contribution in [0.1, 0.15) is 30.4 Å². The first-order valence-electron chi connectivity index (χ1n) is 9.61. The summed E-state index contributed by atoms with van der Waals surface area (Å²) in [5.74, 6) is 0.655. The summed E-state index contributed by atoms with van der Waals surface area (Å²) in [5.41, 5.74) is 2.32. The number of fused-ring (bicyclic) bond motifs is 1. The summed E-state index contributed by atoms with van der Waals surface area (Å²) in [6.07, 6.45) is 2.36. The highest BCUT2D eigenvalue weighted by Crippen LogP contribution is 2.31. The number of piperidine rings is 2. The Morgan fingerprint density at radius 2 is 2.15 bits per heavy atom. The van der Waals surface area contributed by atoms with Gasteiger partial charge in [0.1, 0.15) is 0 Å². The number of likely N-dealkylation sites (N-methyl/N-ethyl adjacent to an activating group) is 1. The van der Waals surface area contributed by atoms with Gasteiger partial charge in [-0.1, -0.05) is 29.8 Å². The molecule has 2 heterocycles. The van der Waals surface area contributed by atoms with Crippen LogP contribution >= 0.6 is 0 Å². The molecule has 0 bridgehead atoms. The maximum absolute atomic E-state index is 12.6. The van der Waals surface area contributed by atoms with E-state index in [0.29, 0.717) is 25.4 Å². The summed E-state index contributed by atoms with van der Waals surface area (Å²) in [4.78, 5) is 28.8. The largest absolute Gasteiger partial charge is 0.338 e. The molecule has 142 valence electrons. The molecule has 2 atom stereocenters. The van der Waals surface area contributed by atoms with Crippen molar-refractivity contribution >= 4 is 11.9 Å². The van der Waals surface area contributed by atoms with E-state index in [4.69, 9.17) is 0 Å². The minimum Gasteiger partial charge on any atom is -0.338 e. The molecule has 0 aliphatic carbocycles. The van der Waals surface area contributed by atoms with Gasteiger partial charge in [-0.3, -0.25) is 4.79 Å². The van der Waals surface area contributed by atoms with E-state index in [2.05, 4.69) is 29.7 Å². The Labute approximate surface area is 155 Å². The summed E-state index contributed by atoms with van der Waals surface area (Å²) >= 11 is 0. The molecule has 2 N–H and O–H groups in total. The number of urea groups is 1. The molecule has 1 aromatic rings. The minimum atomic E-state index is 0.00336. The van der Waals surface area contributed by atoms with E-state index < -0.39 is 0 Å². The maximum Gasteiger partial charge on any atom is 0.317 e. The fraction of sp³-hybridized carbons (Fsp3) is 0.600. The van der Waals surface area contributed by atoms with Crippen molar-refractivity contribution < 1.29 is 9.59 Å². The summed E-state index contributed by atoms with van der Waals surface area (Å²) in [6.45, 7) is 5.64. The number of hydrogen-bond donors (Lipinski definition) is 2. The Bertz CT molecular complexity index is 648. The second kappa shape index (κ2) is 8.54. The standard InChI is InChI=1S/C20H30N4O2/c1-15-4-3-5-16(12-15)13-22-20(26)23-10-8-18-17(14-23)6-7-19(25)24(18)11-9-21-2/h3-5,12,17-18,21H,6-11,13-14H2,1-2H3,(H,22,26)/t17-,18+/m0/s1. The fourth-order valence-corrected chi connectivity index (χ4v) is 4.17. The molecular weight excluding hydrogens is 328 g/mol. The average molecular weight is 358 g/mol. The van der Waals surface area contributed by atoms with Gasteiger partial charge in [-0.05, 0) is 38.3 Å². The van der Waals surface area contributed by atoms with Crippen molar-refractivity contribution in [1.82, 2.24) is 20.4 Å². The first-order chi connectivity index (χ1) is 12.6. The molecular formula is C20H30N4O2. The molecule has 2 aliphatic heterocycles. The van der Waals surface area contributed by atoms with Gasteiger partial charge in [0, 0.05) is 45.2 Å². The van der Waals surface area contributed by atoms with Crippen LogP contribution in [0.15, 0.2) is 24.3 Å². The third-order valence-electron chi connectivity index (χ3n) is 5.56. The highest BCUT2D eigenvalue weighted by Gasteiger charge is 2.39. The SMILES string of the molecule is CNCCN1C(=O)CC[C@H]2CN(C(=O)NCc3cccc(C)c3)CC[C@H]21. The Morgan fingerprint density at radius 3 is 2.92 bits per heavy atom. The fourth-order valence-electron chi connectivity index (χ4n) is 4.17. The van der Waals surface area contributed by atoms with Crippen LogP contribution in [0, 0.1) is 12.8 Å². The lowest BCUT2D eigenvalue weighted by Gasteiger charge is -2.47. The van der Waals surface area contributed by atoms with E-state index in [9.17, 15) is 9.59 Å². The molecule has 3 rings (SSSR count). The van der Waals surface area contributed by atoms with Gasteiger partial charge in [0.25, 0.3) is 0 Å². The second-order valence-corrected chi connectivity index (χ2v) is 7.44. The van der Waals surface area contributed by atoms with Crippen molar-refractivity contribution in [2.75, 3.05) is 33.2 Å². The molecule has 26 heavy (non-hydrogen) atoms. The molecule has 1 aromatic carbocycles. The van der Waals surface area contributed by atoms with Crippen LogP contribution in [-0.2, 0) is 11.3 Å². The van der Waals surface area contributed by atoms with Crippen LogP contribution in [0.4, 0.5) is 4.79 Å². The van der Waals surface area contributed by atoms with Gasteiger partial charge in [-0.2, -0.15) is 0 Å². The van der Waals surface area contributed by atoms with Gasteiger partial charge in [0.15, 0.2) is 0 Å². The zero-order valence-corrected chi connectivity index (χ0v) is 15.8. The Kier molecular flexibility index (Phi) is 6.14. The average Bonchev–Trinajstić information content (AvgIpc) is 2.65. The number of hydrogen-bond acceptors (Lipinski definition) is 3. The van der Waals surface area contributed by atoms with Gasteiger partial charge in [0.2, 0.25) is 5.91 Å². The number of rotatable bonds is 5. The zero-order valence-electron chi connectivity index (χ0n) is 15.8. The Hall–Kier alpha value is -2.08. The van der Waals surface area contributed by atoms with Gasteiger partial charge < -0.3 is 20.4 Å². The predicted molar refractivity (Wildman–Crippen MR) is 102 cm³/mol. The summed E-state index contributed by atoms with van der Waals surface area (Å²) < 4.78 is 0. The highest BCUT2D eigenvalue weighted by atomic mass is 16.2. The molecule has 2 aliphatic rings. The van der Waals surface area contributed by atoms with Gasteiger partial charge in [-0.25, -0.2) is 4.79 Å². The van der Waals surface area contributed by atoms with E-state index in [1.165, 1.54) is 5.56 Å². The number of likely N-dealkylation sites (tertiary alicyclic amines) is 2. The van der Waals surface area contributed by atoms with Crippen LogP contribution in [0.2, 0.25) is 0 Å². The van der Waals surface area contributed by atoms with Gasteiger partial charge in [-0.15, -0.1) is 0 Å². The second-order valence-electron chi connectivity index (χ2n) is 7.44. The van der Waals surface area contributed by atoms with E-state index in [0.717, 1.165) is 38.0 Å². The molecule has 2 saturated heterocycles. The normalized spacial score (nSPS) is 22.9. The molecule has 0 radical (unpaired) electrons. The lowest BCUT2D eigenvalue weighted by atomic mass is 9.83. The lowest BCUT2D eigenvalue weighted by molar-refractivity contribution is -0.140. The van der Waals surface area contributed by atoms with Crippen molar-refractivity contribution in [3.05, 3.63) is 35.4 Å². The summed E-state index contributed by atoms with van der Waals surface area (Å²) in [5, 5.41) is 6.17. The maximum atomic E-state index is 12.6. The number of nitrogens with zero attached hydrogens (tertiary/aromatic N) is 2. The molecule has 6 heteroatoms. The summed E-state index contributed by atoms with van der Waals surface area (Å²) in [7, 11) is 1.91. The number of carbonyl (C=O) groups is 2. The molecule has 0 spiro atoms. The van der Waals surface area contributed by atoms with Crippen molar-refractivity contribution in [3.8, 4) is 0 Å². The third-order valence-corrected chi connectivity index (χ3v) is 5.56. The van der Waals surface area contributed by atoms with Crippen LogP contribution in [0.5, 0.6) is 0 Å².